The monoisotopic (exact) mass is 273 g/mol. The topological polar surface area (TPSA) is 18.5 Å². The Kier molecular flexibility index (Phi) is 4.46. The van der Waals surface area contributed by atoms with Crippen molar-refractivity contribution in [3.05, 3.63) is 24.3 Å². The Labute approximate surface area is 123 Å². The lowest BCUT2D eigenvalue weighted by Crippen LogP contribution is -2.44. The molecule has 0 bridgehead atoms. The van der Waals surface area contributed by atoms with Crippen LogP contribution in [-0.2, 0) is 0 Å². The summed E-state index contributed by atoms with van der Waals surface area (Å²) in [6, 6.07) is 9.75. The van der Waals surface area contributed by atoms with Gasteiger partial charge in [0.25, 0.3) is 0 Å². The zero-order valence-electron chi connectivity index (χ0n) is 12.6. The lowest BCUT2D eigenvalue weighted by atomic mass is 9.95. The molecular formula is C17H27N3. The van der Waals surface area contributed by atoms with E-state index in [1.807, 2.05) is 0 Å². The number of nitrogens with zero attached hydrogens (tertiary/aromatic N) is 2. The zero-order valence-corrected chi connectivity index (χ0v) is 12.6. The van der Waals surface area contributed by atoms with Crippen molar-refractivity contribution in [2.75, 3.05) is 43.4 Å². The standard InChI is InChI=1S/C17H27N3/c1-19-11-13-20(14-12-19)17-9-7-16(8-10-17)18-15-5-3-2-4-6-15/h7-10,15,18H,2-6,11-14H2,1H3. The Morgan fingerprint density at radius 3 is 2.20 bits per heavy atom. The Balaban J connectivity index is 1.56. The summed E-state index contributed by atoms with van der Waals surface area (Å²) in [5.41, 5.74) is 2.65. The quantitative estimate of drug-likeness (QED) is 0.912. The minimum Gasteiger partial charge on any atom is -0.382 e. The van der Waals surface area contributed by atoms with Crippen molar-refractivity contribution in [3.63, 3.8) is 0 Å². The summed E-state index contributed by atoms with van der Waals surface area (Å²) in [4.78, 5) is 4.89. The zero-order chi connectivity index (χ0) is 13.8. The first-order valence-electron chi connectivity index (χ1n) is 8.11. The van der Waals surface area contributed by atoms with Gasteiger partial charge in [-0.1, -0.05) is 19.3 Å². The Bertz CT molecular complexity index is 401. The molecule has 1 aliphatic heterocycles. The third-order valence-corrected chi connectivity index (χ3v) is 4.71. The molecule has 3 rings (SSSR count). The van der Waals surface area contributed by atoms with Crippen molar-refractivity contribution in [1.82, 2.24) is 4.90 Å². The summed E-state index contributed by atoms with van der Waals surface area (Å²) >= 11 is 0. The molecule has 1 aliphatic carbocycles. The molecule has 1 aromatic rings. The highest BCUT2D eigenvalue weighted by Crippen LogP contribution is 2.24. The van der Waals surface area contributed by atoms with Gasteiger partial charge in [-0.15, -0.1) is 0 Å². The van der Waals surface area contributed by atoms with Crippen molar-refractivity contribution in [2.24, 2.45) is 0 Å². The molecule has 110 valence electrons. The molecule has 20 heavy (non-hydrogen) atoms. The SMILES string of the molecule is CN1CCN(c2ccc(NC3CCCCC3)cc2)CC1. The summed E-state index contributed by atoms with van der Waals surface area (Å²) in [6.45, 7) is 4.63. The van der Waals surface area contributed by atoms with Crippen LogP contribution in [0.2, 0.25) is 0 Å². The van der Waals surface area contributed by atoms with Crippen LogP contribution in [0.3, 0.4) is 0 Å². The van der Waals surface area contributed by atoms with Gasteiger partial charge in [0, 0.05) is 43.6 Å². The number of piperazine rings is 1. The maximum Gasteiger partial charge on any atom is 0.0368 e. The fraction of sp³-hybridized carbons (Fsp3) is 0.647. The number of nitrogens with one attached hydrogen (secondary N) is 1. The van der Waals surface area contributed by atoms with E-state index in [-0.39, 0.29) is 0 Å². The number of hydrogen-bond acceptors (Lipinski definition) is 3. The van der Waals surface area contributed by atoms with Crippen molar-refractivity contribution in [2.45, 2.75) is 38.1 Å². The molecule has 2 fully saturated rings. The van der Waals surface area contributed by atoms with Crippen molar-refractivity contribution in [3.8, 4) is 0 Å². The van der Waals surface area contributed by atoms with Gasteiger partial charge in [0.2, 0.25) is 0 Å². The van der Waals surface area contributed by atoms with Gasteiger partial charge in [-0.25, -0.2) is 0 Å². The van der Waals surface area contributed by atoms with Gasteiger partial charge in [-0.05, 0) is 44.2 Å². The predicted molar refractivity (Wildman–Crippen MR) is 86.6 cm³/mol. The molecule has 1 N–H and O–H groups in total. The Morgan fingerprint density at radius 1 is 0.900 bits per heavy atom. The van der Waals surface area contributed by atoms with Crippen molar-refractivity contribution in [1.29, 1.82) is 0 Å². The minimum atomic E-state index is 0.693. The molecule has 0 amide bonds. The normalized spacial score (nSPS) is 21.9. The third-order valence-electron chi connectivity index (χ3n) is 4.71. The van der Waals surface area contributed by atoms with E-state index < -0.39 is 0 Å². The van der Waals surface area contributed by atoms with Gasteiger partial charge >= 0.3 is 0 Å². The number of likely N-dealkylation sites (N-methyl/N-ethyl adjacent to an activating group) is 1. The lowest BCUT2D eigenvalue weighted by Gasteiger charge is -2.34. The Hall–Kier alpha value is -1.22. The first kappa shape index (κ1) is 13.7. The summed E-state index contributed by atoms with van der Waals surface area (Å²) in [5, 5.41) is 3.69. The van der Waals surface area contributed by atoms with E-state index in [0.29, 0.717) is 6.04 Å². The Morgan fingerprint density at radius 2 is 1.55 bits per heavy atom. The van der Waals surface area contributed by atoms with E-state index in [1.54, 1.807) is 0 Å². The third kappa shape index (κ3) is 3.45. The van der Waals surface area contributed by atoms with E-state index in [4.69, 9.17) is 0 Å². The molecule has 0 spiro atoms. The smallest absolute Gasteiger partial charge is 0.0368 e. The average Bonchev–Trinajstić information content (AvgIpc) is 2.50. The number of anilines is 2. The highest BCUT2D eigenvalue weighted by atomic mass is 15.2. The molecule has 1 saturated heterocycles. The van der Waals surface area contributed by atoms with E-state index in [9.17, 15) is 0 Å². The number of benzene rings is 1. The molecule has 3 heteroatoms. The molecule has 0 atom stereocenters. The van der Waals surface area contributed by atoms with Crippen molar-refractivity contribution < 1.29 is 0 Å². The summed E-state index contributed by atoms with van der Waals surface area (Å²) in [6.07, 6.45) is 6.86. The second kappa shape index (κ2) is 6.49. The molecule has 0 aromatic heterocycles. The molecule has 3 nitrogen and oxygen atoms in total. The van der Waals surface area contributed by atoms with Gasteiger partial charge in [-0.3, -0.25) is 0 Å². The minimum absolute atomic E-state index is 0.693. The molecular weight excluding hydrogens is 246 g/mol. The largest absolute Gasteiger partial charge is 0.382 e. The van der Waals surface area contributed by atoms with Gasteiger partial charge < -0.3 is 15.1 Å². The van der Waals surface area contributed by atoms with Gasteiger partial charge in [0.05, 0.1) is 0 Å². The van der Waals surface area contributed by atoms with E-state index >= 15 is 0 Å². The number of rotatable bonds is 3. The van der Waals surface area contributed by atoms with Gasteiger partial charge in [0.15, 0.2) is 0 Å². The second-order valence-electron chi connectivity index (χ2n) is 6.32. The van der Waals surface area contributed by atoms with Crippen LogP contribution in [0.4, 0.5) is 11.4 Å². The maximum atomic E-state index is 3.69. The summed E-state index contributed by atoms with van der Waals surface area (Å²) < 4.78 is 0. The van der Waals surface area contributed by atoms with Crippen LogP contribution in [0, 0.1) is 0 Å². The van der Waals surface area contributed by atoms with Crippen LogP contribution in [-0.4, -0.2) is 44.2 Å². The van der Waals surface area contributed by atoms with Crippen LogP contribution in [0.5, 0.6) is 0 Å². The summed E-state index contributed by atoms with van der Waals surface area (Å²) in [5.74, 6) is 0. The fourth-order valence-corrected chi connectivity index (χ4v) is 3.32. The molecule has 1 heterocycles. The van der Waals surface area contributed by atoms with Gasteiger partial charge in [0.1, 0.15) is 0 Å². The molecule has 1 aromatic carbocycles. The molecule has 1 saturated carbocycles. The van der Waals surface area contributed by atoms with Crippen LogP contribution >= 0.6 is 0 Å². The predicted octanol–water partition coefficient (Wildman–Crippen LogP) is 3.18. The summed E-state index contributed by atoms with van der Waals surface area (Å²) in [7, 11) is 2.20. The molecule has 0 unspecified atom stereocenters. The highest BCUT2D eigenvalue weighted by Gasteiger charge is 2.15. The average molecular weight is 273 g/mol. The maximum absolute atomic E-state index is 3.69. The van der Waals surface area contributed by atoms with Crippen molar-refractivity contribution >= 4 is 11.4 Å². The van der Waals surface area contributed by atoms with Crippen LogP contribution in [0.1, 0.15) is 32.1 Å². The van der Waals surface area contributed by atoms with Crippen LogP contribution in [0.25, 0.3) is 0 Å². The second-order valence-corrected chi connectivity index (χ2v) is 6.32. The highest BCUT2D eigenvalue weighted by molar-refractivity contribution is 5.55. The van der Waals surface area contributed by atoms with E-state index in [1.165, 1.54) is 56.6 Å². The van der Waals surface area contributed by atoms with Crippen LogP contribution in [0.15, 0.2) is 24.3 Å². The number of hydrogen-bond donors (Lipinski definition) is 1. The van der Waals surface area contributed by atoms with Crippen LogP contribution < -0.4 is 10.2 Å². The molecule has 0 radical (unpaired) electrons. The first-order chi connectivity index (χ1) is 9.81. The van der Waals surface area contributed by atoms with E-state index in [0.717, 1.165) is 13.1 Å². The molecule has 2 aliphatic rings. The van der Waals surface area contributed by atoms with Gasteiger partial charge in [-0.2, -0.15) is 0 Å². The lowest BCUT2D eigenvalue weighted by molar-refractivity contribution is 0.313. The fourth-order valence-electron chi connectivity index (χ4n) is 3.32. The first-order valence-corrected chi connectivity index (χ1v) is 8.11. The van der Waals surface area contributed by atoms with E-state index in [2.05, 4.69) is 46.4 Å².